The van der Waals surface area contributed by atoms with Crippen LogP contribution in [0.2, 0.25) is 5.02 Å². The zero-order chi connectivity index (χ0) is 15.9. The Morgan fingerprint density at radius 1 is 1.09 bits per heavy atom. The summed E-state index contributed by atoms with van der Waals surface area (Å²) in [6.45, 7) is 6.83. The van der Waals surface area contributed by atoms with Crippen molar-refractivity contribution in [3.63, 3.8) is 0 Å². The number of nitrogens with zero attached hydrogens (tertiary/aromatic N) is 2. The van der Waals surface area contributed by atoms with Crippen molar-refractivity contribution in [1.82, 2.24) is 10.2 Å². The minimum Gasteiger partial charge on any atom is -0.368 e. The molecule has 0 spiro atoms. The third-order valence-electron chi connectivity index (χ3n) is 4.87. The third-order valence-corrected chi connectivity index (χ3v) is 6.24. The molecule has 2 heterocycles. The Morgan fingerprint density at radius 2 is 1.83 bits per heavy atom. The molecule has 2 aliphatic heterocycles. The monoisotopic (exact) mass is 353 g/mol. The third kappa shape index (κ3) is 5.28. The highest BCUT2D eigenvalue weighted by molar-refractivity contribution is 7.99. The number of halogens is 1. The molecule has 2 fully saturated rings. The van der Waals surface area contributed by atoms with Gasteiger partial charge in [-0.05, 0) is 56.0 Å². The summed E-state index contributed by atoms with van der Waals surface area (Å²) in [5.74, 6) is 2.67. The summed E-state index contributed by atoms with van der Waals surface area (Å²) in [7, 11) is 0. The lowest BCUT2D eigenvalue weighted by atomic mass is 10.1. The summed E-state index contributed by atoms with van der Waals surface area (Å²) in [4.78, 5) is 5.00. The Balaban J connectivity index is 1.32. The van der Waals surface area contributed by atoms with Crippen molar-refractivity contribution in [2.24, 2.45) is 0 Å². The van der Waals surface area contributed by atoms with Crippen molar-refractivity contribution in [1.29, 1.82) is 0 Å². The fraction of sp³-hybridized carbons (Fsp3) is 0.667. The number of hydrogen-bond donors (Lipinski definition) is 1. The predicted molar refractivity (Wildman–Crippen MR) is 103 cm³/mol. The van der Waals surface area contributed by atoms with Gasteiger partial charge in [-0.25, -0.2) is 0 Å². The molecule has 1 aromatic carbocycles. The van der Waals surface area contributed by atoms with Gasteiger partial charge in [-0.2, -0.15) is 11.8 Å². The second-order valence-electron chi connectivity index (χ2n) is 6.47. The highest BCUT2D eigenvalue weighted by Crippen LogP contribution is 2.26. The van der Waals surface area contributed by atoms with E-state index >= 15 is 0 Å². The standard InChI is InChI=1S/C18H28ClN3S/c19-17-4-1-2-5-18(17)22-12-10-21(11-13-22)9-3-8-20-16-6-14-23-15-7-16/h1-2,4-5,16,20H,3,6-15H2. The maximum absolute atomic E-state index is 6.31. The molecule has 0 aromatic heterocycles. The summed E-state index contributed by atoms with van der Waals surface area (Å²) in [6.07, 6.45) is 3.96. The van der Waals surface area contributed by atoms with E-state index in [9.17, 15) is 0 Å². The van der Waals surface area contributed by atoms with E-state index in [0.29, 0.717) is 0 Å². The van der Waals surface area contributed by atoms with Crippen molar-refractivity contribution in [2.75, 3.05) is 55.7 Å². The fourth-order valence-corrected chi connectivity index (χ4v) is 4.79. The molecule has 0 atom stereocenters. The van der Waals surface area contributed by atoms with Gasteiger partial charge in [0.2, 0.25) is 0 Å². The smallest absolute Gasteiger partial charge is 0.0639 e. The number of benzene rings is 1. The van der Waals surface area contributed by atoms with Crippen LogP contribution >= 0.6 is 23.4 Å². The maximum Gasteiger partial charge on any atom is 0.0639 e. The molecule has 0 amide bonds. The molecule has 0 unspecified atom stereocenters. The van der Waals surface area contributed by atoms with Crippen molar-refractivity contribution >= 4 is 29.1 Å². The first-order chi connectivity index (χ1) is 11.3. The summed E-state index contributed by atoms with van der Waals surface area (Å²) >= 11 is 8.40. The van der Waals surface area contributed by atoms with E-state index in [0.717, 1.165) is 37.2 Å². The van der Waals surface area contributed by atoms with Crippen LogP contribution in [0, 0.1) is 0 Å². The summed E-state index contributed by atoms with van der Waals surface area (Å²) in [6, 6.07) is 8.96. The minimum absolute atomic E-state index is 0.772. The molecule has 1 aromatic rings. The summed E-state index contributed by atoms with van der Waals surface area (Å²) in [5, 5.41) is 4.61. The Kier molecular flexibility index (Phi) is 6.94. The first kappa shape index (κ1) is 17.4. The zero-order valence-corrected chi connectivity index (χ0v) is 15.4. The van der Waals surface area contributed by atoms with E-state index in [1.165, 1.54) is 49.5 Å². The van der Waals surface area contributed by atoms with Crippen LogP contribution < -0.4 is 10.2 Å². The Morgan fingerprint density at radius 3 is 2.57 bits per heavy atom. The molecule has 0 aliphatic carbocycles. The average Bonchev–Trinajstić information content (AvgIpc) is 2.61. The largest absolute Gasteiger partial charge is 0.368 e. The number of piperazine rings is 1. The lowest BCUT2D eigenvalue weighted by Gasteiger charge is -2.36. The van der Waals surface area contributed by atoms with Gasteiger partial charge in [-0.1, -0.05) is 23.7 Å². The van der Waals surface area contributed by atoms with Gasteiger partial charge in [-0.15, -0.1) is 0 Å². The molecule has 2 saturated heterocycles. The van der Waals surface area contributed by atoms with Crippen molar-refractivity contribution in [3.8, 4) is 0 Å². The van der Waals surface area contributed by atoms with Crippen LogP contribution in [0.5, 0.6) is 0 Å². The molecule has 1 N–H and O–H groups in total. The molecule has 2 aliphatic rings. The van der Waals surface area contributed by atoms with Crippen molar-refractivity contribution in [3.05, 3.63) is 29.3 Å². The first-order valence-corrected chi connectivity index (χ1v) is 10.4. The second-order valence-corrected chi connectivity index (χ2v) is 8.11. The molecule has 23 heavy (non-hydrogen) atoms. The van der Waals surface area contributed by atoms with Gasteiger partial charge in [0.1, 0.15) is 0 Å². The average molecular weight is 354 g/mol. The van der Waals surface area contributed by atoms with Crippen LogP contribution in [0.1, 0.15) is 19.3 Å². The van der Waals surface area contributed by atoms with Gasteiger partial charge in [0.25, 0.3) is 0 Å². The quantitative estimate of drug-likeness (QED) is 0.790. The van der Waals surface area contributed by atoms with E-state index in [2.05, 4.69) is 39.0 Å². The van der Waals surface area contributed by atoms with E-state index in [1.807, 2.05) is 12.1 Å². The topological polar surface area (TPSA) is 18.5 Å². The van der Waals surface area contributed by atoms with Gasteiger partial charge >= 0.3 is 0 Å². The van der Waals surface area contributed by atoms with E-state index in [1.54, 1.807) is 0 Å². The number of rotatable bonds is 6. The Labute approximate surface area is 149 Å². The fourth-order valence-electron chi connectivity index (χ4n) is 3.43. The second kappa shape index (κ2) is 9.16. The minimum atomic E-state index is 0.772. The predicted octanol–water partition coefficient (Wildman–Crippen LogP) is 3.34. The lowest BCUT2D eigenvalue weighted by molar-refractivity contribution is 0.252. The van der Waals surface area contributed by atoms with Crippen molar-refractivity contribution < 1.29 is 0 Å². The van der Waals surface area contributed by atoms with E-state index in [-0.39, 0.29) is 0 Å². The van der Waals surface area contributed by atoms with E-state index in [4.69, 9.17) is 11.6 Å². The molecule has 5 heteroatoms. The Hall–Kier alpha value is -0.420. The van der Waals surface area contributed by atoms with Crippen LogP contribution in [-0.2, 0) is 0 Å². The number of para-hydroxylation sites is 1. The van der Waals surface area contributed by atoms with E-state index < -0.39 is 0 Å². The van der Waals surface area contributed by atoms with Crippen LogP contribution in [0.3, 0.4) is 0 Å². The Bertz CT molecular complexity index is 471. The number of hydrogen-bond acceptors (Lipinski definition) is 4. The first-order valence-electron chi connectivity index (χ1n) is 8.86. The molecular formula is C18H28ClN3S. The van der Waals surface area contributed by atoms with Crippen LogP contribution in [0.15, 0.2) is 24.3 Å². The molecule has 0 saturated carbocycles. The van der Waals surface area contributed by atoms with Crippen LogP contribution in [0.25, 0.3) is 0 Å². The molecule has 3 rings (SSSR count). The molecular weight excluding hydrogens is 326 g/mol. The number of anilines is 1. The molecule has 0 bridgehead atoms. The van der Waals surface area contributed by atoms with Gasteiger partial charge in [-0.3, -0.25) is 4.90 Å². The van der Waals surface area contributed by atoms with Crippen LogP contribution in [0.4, 0.5) is 5.69 Å². The summed E-state index contributed by atoms with van der Waals surface area (Å²) < 4.78 is 0. The highest BCUT2D eigenvalue weighted by Gasteiger charge is 2.18. The number of thioether (sulfide) groups is 1. The zero-order valence-electron chi connectivity index (χ0n) is 13.8. The maximum atomic E-state index is 6.31. The lowest BCUT2D eigenvalue weighted by Crippen LogP contribution is -2.47. The summed E-state index contributed by atoms with van der Waals surface area (Å²) in [5.41, 5.74) is 1.19. The molecule has 3 nitrogen and oxygen atoms in total. The van der Waals surface area contributed by atoms with Gasteiger partial charge < -0.3 is 10.2 Å². The number of nitrogens with one attached hydrogen (secondary N) is 1. The highest BCUT2D eigenvalue weighted by atomic mass is 35.5. The van der Waals surface area contributed by atoms with Gasteiger partial charge in [0.05, 0.1) is 10.7 Å². The molecule has 0 radical (unpaired) electrons. The van der Waals surface area contributed by atoms with Gasteiger partial charge in [0, 0.05) is 32.2 Å². The van der Waals surface area contributed by atoms with Crippen molar-refractivity contribution in [2.45, 2.75) is 25.3 Å². The van der Waals surface area contributed by atoms with Crippen LogP contribution in [-0.4, -0.2) is 61.7 Å². The SMILES string of the molecule is Clc1ccccc1N1CCN(CCCNC2CCSCC2)CC1. The normalized spacial score (nSPS) is 20.8. The molecule has 128 valence electrons. The van der Waals surface area contributed by atoms with Gasteiger partial charge in [0.15, 0.2) is 0 Å².